The summed E-state index contributed by atoms with van der Waals surface area (Å²) in [4.78, 5) is 16.5. The number of carbonyl (C=O) groups is 1. The Morgan fingerprint density at radius 3 is 2.78 bits per heavy atom. The summed E-state index contributed by atoms with van der Waals surface area (Å²) in [7, 11) is 0. The molecule has 5 heteroatoms. The zero-order chi connectivity index (χ0) is 16.2. The van der Waals surface area contributed by atoms with Crippen LogP contribution < -0.4 is 10.6 Å². The van der Waals surface area contributed by atoms with Gasteiger partial charge in [-0.3, -0.25) is 9.78 Å². The normalized spacial score (nSPS) is 10.5. The van der Waals surface area contributed by atoms with Gasteiger partial charge >= 0.3 is 0 Å². The van der Waals surface area contributed by atoms with Gasteiger partial charge in [-0.2, -0.15) is 0 Å². The van der Waals surface area contributed by atoms with Crippen molar-refractivity contribution in [3.05, 3.63) is 64.8 Å². The number of halogens is 1. The highest BCUT2D eigenvalue weighted by molar-refractivity contribution is 9.10. The van der Waals surface area contributed by atoms with E-state index in [1.54, 1.807) is 6.20 Å². The van der Waals surface area contributed by atoms with Gasteiger partial charge in [-0.25, -0.2) is 0 Å². The second kappa shape index (κ2) is 6.79. The summed E-state index contributed by atoms with van der Waals surface area (Å²) >= 11 is 3.46. The van der Waals surface area contributed by atoms with Gasteiger partial charge in [-0.1, -0.05) is 24.3 Å². The smallest absolute Gasteiger partial charge is 0.243 e. The second-order valence-corrected chi connectivity index (χ2v) is 6.12. The Hall–Kier alpha value is -2.40. The zero-order valence-electron chi connectivity index (χ0n) is 12.6. The number of aryl methyl sites for hydroxylation is 1. The third kappa shape index (κ3) is 3.68. The lowest BCUT2D eigenvalue weighted by Gasteiger charge is -2.11. The molecule has 0 saturated carbocycles. The molecular formula is C18H16BrN3O. The van der Waals surface area contributed by atoms with Crippen molar-refractivity contribution in [1.82, 2.24) is 4.98 Å². The SMILES string of the molecule is Cc1ccc(NC(=O)CNc2cccc3cccnc23)c(Br)c1. The number of hydrogen-bond donors (Lipinski definition) is 2. The van der Waals surface area contributed by atoms with Crippen molar-refractivity contribution in [2.75, 3.05) is 17.2 Å². The number of aromatic nitrogens is 1. The van der Waals surface area contributed by atoms with Crippen LogP contribution in [0.3, 0.4) is 0 Å². The molecule has 23 heavy (non-hydrogen) atoms. The number of hydrogen-bond acceptors (Lipinski definition) is 3. The Balaban J connectivity index is 1.69. The van der Waals surface area contributed by atoms with Crippen LogP contribution in [0, 0.1) is 6.92 Å². The van der Waals surface area contributed by atoms with Gasteiger partial charge < -0.3 is 10.6 Å². The Kier molecular flexibility index (Phi) is 4.57. The minimum absolute atomic E-state index is 0.109. The molecule has 0 fully saturated rings. The van der Waals surface area contributed by atoms with E-state index in [-0.39, 0.29) is 12.5 Å². The highest BCUT2D eigenvalue weighted by Gasteiger charge is 2.07. The maximum atomic E-state index is 12.1. The largest absolute Gasteiger partial charge is 0.374 e. The highest BCUT2D eigenvalue weighted by Crippen LogP contribution is 2.23. The Bertz CT molecular complexity index is 859. The van der Waals surface area contributed by atoms with Crippen molar-refractivity contribution < 1.29 is 4.79 Å². The molecular weight excluding hydrogens is 354 g/mol. The molecule has 0 bridgehead atoms. The minimum atomic E-state index is -0.109. The van der Waals surface area contributed by atoms with E-state index in [1.165, 1.54) is 0 Å². The second-order valence-electron chi connectivity index (χ2n) is 5.27. The summed E-state index contributed by atoms with van der Waals surface area (Å²) in [6.07, 6.45) is 1.75. The first-order valence-corrected chi connectivity index (χ1v) is 8.06. The fourth-order valence-electron chi connectivity index (χ4n) is 2.34. The summed E-state index contributed by atoms with van der Waals surface area (Å²) in [5.41, 5.74) is 3.61. The molecule has 4 nitrogen and oxygen atoms in total. The zero-order valence-corrected chi connectivity index (χ0v) is 14.2. The lowest BCUT2D eigenvalue weighted by Crippen LogP contribution is -2.22. The maximum absolute atomic E-state index is 12.1. The molecule has 0 saturated heterocycles. The number of pyridine rings is 1. The van der Waals surface area contributed by atoms with Crippen molar-refractivity contribution >= 4 is 44.1 Å². The van der Waals surface area contributed by atoms with Crippen molar-refractivity contribution in [3.63, 3.8) is 0 Å². The number of nitrogens with one attached hydrogen (secondary N) is 2. The molecule has 116 valence electrons. The lowest BCUT2D eigenvalue weighted by molar-refractivity contribution is -0.114. The molecule has 0 radical (unpaired) electrons. The van der Waals surface area contributed by atoms with E-state index in [0.29, 0.717) is 0 Å². The third-order valence-corrected chi connectivity index (χ3v) is 4.13. The number of amides is 1. The van der Waals surface area contributed by atoms with Gasteiger partial charge in [0, 0.05) is 16.1 Å². The molecule has 2 N–H and O–H groups in total. The van der Waals surface area contributed by atoms with Crippen LogP contribution in [-0.4, -0.2) is 17.4 Å². The van der Waals surface area contributed by atoms with Gasteiger partial charge in [-0.05, 0) is 52.7 Å². The molecule has 2 aromatic carbocycles. The van der Waals surface area contributed by atoms with Crippen LogP contribution in [0.15, 0.2) is 59.2 Å². The van der Waals surface area contributed by atoms with Crippen LogP contribution in [-0.2, 0) is 4.79 Å². The van der Waals surface area contributed by atoms with Crippen molar-refractivity contribution in [2.45, 2.75) is 6.92 Å². The topological polar surface area (TPSA) is 54.0 Å². The monoisotopic (exact) mass is 369 g/mol. The number of nitrogens with zero attached hydrogens (tertiary/aromatic N) is 1. The first-order valence-electron chi connectivity index (χ1n) is 7.27. The number of rotatable bonds is 4. The molecule has 1 aromatic heterocycles. The van der Waals surface area contributed by atoms with Gasteiger partial charge in [0.2, 0.25) is 5.91 Å². The molecule has 0 atom stereocenters. The quantitative estimate of drug-likeness (QED) is 0.718. The number of benzene rings is 2. The summed E-state index contributed by atoms with van der Waals surface area (Å²) in [5, 5.41) is 7.08. The lowest BCUT2D eigenvalue weighted by atomic mass is 10.2. The number of carbonyl (C=O) groups excluding carboxylic acids is 1. The Morgan fingerprint density at radius 2 is 1.96 bits per heavy atom. The fraction of sp³-hybridized carbons (Fsp3) is 0.111. The van der Waals surface area contributed by atoms with Crippen molar-refractivity contribution in [3.8, 4) is 0 Å². The van der Waals surface area contributed by atoms with Gasteiger partial charge in [0.25, 0.3) is 0 Å². The van der Waals surface area contributed by atoms with E-state index in [4.69, 9.17) is 0 Å². The van der Waals surface area contributed by atoms with E-state index < -0.39 is 0 Å². The summed E-state index contributed by atoms with van der Waals surface area (Å²) in [5.74, 6) is -0.109. The first kappa shape index (κ1) is 15.5. The molecule has 0 spiro atoms. The van der Waals surface area contributed by atoms with E-state index in [2.05, 4.69) is 31.5 Å². The van der Waals surface area contributed by atoms with Crippen LogP contribution in [0.25, 0.3) is 10.9 Å². The van der Waals surface area contributed by atoms with E-state index >= 15 is 0 Å². The average molecular weight is 370 g/mol. The van der Waals surface area contributed by atoms with Crippen LogP contribution in [0.2, 0.25) is 0 Å². The number of fused-ring (bicyclic) bond motifs is 1. The predicted molar refractivity (Wildman–Crippen MR) is 97.7 cm³/mol. The molecule has 3 aromatic rings. The predicted octanol–water partition coefficient (Wildman–Crippen LogP) is 4.36. The van der Waals surface area contributed by atoms with E-state index in [1.807, 2.05) is 55.5 Å². The van der Waals surface area contributed by atoms with E-state index in [9.17, 15) is 4.79 Å². The Labute approximate surface area is 143 Å². The maximum Gasteiger partial charge on any atom is 0.243 e. The molecule has 0 aliphatic heterocycles. The van der Waals surface area contributed by atoms with E-state index in [0.717, 1.165) is 32.3 Å². The molecule has 1 heterocycles. The van der Waals surface area contributed by atoms with Crippen LogP contribution in [0.5, 0.6) is 0 Å². The number of anilines is 2. The van der Waals surface area contributed by atoms with Crippen LogP contribution in [0.4, 0.5) is 11.4 Å². The minimum Gasteiger partial charge on any atom is -0.374 e. The highest BCUT2D eigenvalue weighted by atomic mass is 79.9. The van der Waals surface area contributed by atoms with Crippen LogP contribution >= 0.6 is 15.9 Å². The fourth-order valence-corrected chi connectivity index (χ4v) is 2.93. The molecule has 0 aliphatic rings. The standard InChI is InChI=1S/C18H16BrN3O/c1-12-7-8-15(14(19)10-12)22-17(23)11-21-16-6-2-4-13-5-3-9-20-18(13)16/h2-10,21H,11H2,1H3,(H,22,23). The summed E-state index contributed by atoms with van der Waals surface area (Å²) in [6, 6.07) is 15.6. The third-order valence-electron chi connectivity index (χ3n) is 3.47. The van der Waals surface area contributed by atoms with Gasteiger partial charge in [0.05, 0.1) is 23.4 Å². The Morgan fingerprint density at radius 1 is 1.13 bits per heavy atom. The number of para-hydroxylation sites is 1. The molecule has 3 rings (SSSR count). The molecule has 0 unspecified atom stereocenters. The van der Waals surface area contributed by atoms with Crippen molar-refractivity contribution in [2.24, 2.45) is 0 Å². The average Bonchev–Trinajstić information content (AvgIpc) is 2.55. The van der Waals surface area contributed by atoms with Crippen LogP contribution in [0.1, 0.15) is 5.56 Å². The summed E-state index contributed by atoms with van der Waals surface area (Å²) in [6.45, 7) is 2.18. The molecule has 0 aliphatic carbocycles. The van der Waals surface area contributed by atoms with Crippen molar-refractivity contribution in [1.29, 1.82) is 0 Å². The van der Waals surface area contributed by atoms with Gasteiger partial charge in [0.1, 0.15) is 0 Å². The van der Waals surface area contributed by atoms with Gasteiger partial charge in [0.15, 0.2) is 0 Å². The summed E-state index contributed by atoms with van der Waals surface area (Å²) < 4.78 is 0.873. The first-order chi connectivity index (χ1) is 11.1. The van der Waals surface area contributed by atoms with Gasteiger partial charge in [-0.15, -0.1) is 0 Å². The molecule has 1 amide bonds.